The van der Waals surface area contributed by atoms with E-state index in [2.05, 4.69) is 10.5 Å². The second kappa shape index (κ2) is 9.96. The molecule has 0 spiro atoms. The minimum absolute atomic E-state index is 0.0756. The van der Waals surface area contributed by atoms with Gasteiger partial charge in [0.1, 0.15) is 0 Å². The molecule has 0 heterocycles. The summed E-state index contributed by atoms with van der Waals surface area (Å²) in [6.07, 6.45) is 2.57. The Hall–Kier alpha value is -2.87. The van der Waals surface area contributed by atoms with E-state index in [4.69, 9.17) is 23.2 Å². The molecular weight excluding hydrogens is 457 g/mol. The number of rotatable bonds is 7. The molecule has 0 radical (unpaired) electrons. The highest BCUT2D eigenvalue weighted by Crippen LogP contribution is 2.24. The lowest BCUT2D eigenvalue weighted by molar-refractivity contribution is 0.0955. The molecule has 1 amide bonds. The topological polar surface area (TPSA) is 78.8 Å². The van der Waals surface area contributed by atoms with Crippen molar-refractivity contribution in [3.8, 4) is 0 Å². The predicted octanol–water partition coefficient (Wildman–Crippen LogP) is 4.72. The number of anilines is 1. The molecule has 31 heavy (non-hydrogen) atoms. The Morgan fingerprint density at radius 1 is 0.968 bits per heavy atom. The average Bonchev–Trinajstić information content (AvgIpc) is 2.74. The summed E-state index contributed by atoms with van der Waals surface area (Å²) in [6, 6.07) is 20.3. The van der Waals surface area contributed by atoms with Crippen molar-refractivity contribution >= 4 is 51.0 Å². The molecule has 3 rings (SSSR count). The maximum atomic E-state index is 12.3. The van der Waals surface area contributed by atoms with E-state index < -0.39 is 15.9 Å². The van der Waals surface area contributed by atoms with Crippen molar-refractivity contribution in [2.45, 2.75) is 6.54 Å². The van der Waals surface area contributed by atoms with Crippen LogP contribution in [0, 0.1) is 0 Å². The molecule has 0 bridgehead atoms. The SMILES string of the molecule is CS(=O)(=O)N(Cc1ccccc1Cl)c1ccc(C(=O)N/N=C\c2ccccc2Cl)cc1. The molecule has 3 aromatic carbocycles. The van der Waals surface area contributed by atoms with Crippen LogP contribution in [0.1, 0.15) is 21.5 Å². The first kappa shape index (κ1) is 22.8. The largest absolute Gasteiger partial charge is 0.271 e. The minimum atomic E-state index is -3.58. The van der Waals surface area contributed by atoms with Crippen LogP contribution in [-0.2, 0) is 16.6 Å². The minimum Gasteiger partial charge on any atom is -0.267 e. The average molecular weight is 476 g/mol. The van der Waals surface area contributed by atoms with Crippen LogP contribution in [0.5, 0.6) is 0 Å². The zero-order valence-corrected chi connectivity index (χ0v) is 18.8. The molecule has 0 aliphatic rings. The quantitative estimate of drug-likeness (QED) is 0.396. The molecule has 0 aromatic heterocycles. The molecule has 0 fully saturated rings. The molecule has 1 N–H and O–H groups in total. The van der Waals surface area contributed by atoms with Crippen LogP contribution in [0.3, 0.4) is 0 Å². The Morgan fingerprint density at radius 2 is 1.58 bits per heavy atom. The third-order valence-corrected chi connectivity index (χ3v) is 6.22. The number of carbonyl (C=O) groups is 1. The fourth-order valence-electron chi connectivity index (χ4n) is 2.77. The van der Waals surface area contributed by atoms with Gasteiger partial charge in [0.25, 0.3) is 5.91 Å². The van der Waals surface area contributed by atoms with Crippen LogP contribution in [0.25, 0.3) is 0 Å². The number of carbonyl (C=O) groups excluding carboxylic acids is 1. The highest BCUT2D eigenvalue weighted by atomic mass is 35.5. The summed E-state index contributed by atoms with van der Waals surface area (Å²) < 4.78 is 25.9. The van der Waals surface area contributed by atoms with E-state index in [-0.39, 0.29) is 6.54 Å². The van der Waals surface area contributed by atoms with Gasteiger partial charge < -0.3 is 0 Å². The van der Waals surface area contributed by atoms with Gasteiger partial charge in [-0.1, -0.05) is 59.6 Å². The zero-order valence-electron chi connectivity index (χ0n) is 16.5. The van der Waals surface area contributed by atoms with Crippen LogP contribution < -0.4 is 9.73 Å². The third-order valence-electron chi connectivity index (χ3n) is 4.36. The highest BCUT2D eigenvalue weighted by molar-refractivity contribution is 7.92. The molecule has 9 heteroatoms. The number of benzene rings is 3. The van der Waals surface area contributed by atoms with Crippen molar-refractivity contribution in [2.75, 3.05) is 10.6 Å². The van der Waals surface area contributed by atoms with E-state index in [1.54, 1.807) is 54.6 Å². The van der Waals surface area contributed by atoms with Crippen LogP contribution in [0.15, 0.2) is 77.9 Å². The maximum Gasteiger partial charge on any atom is 0.271 e. The van der Waals surface area contributed by atoms with Crippen molar-refractivity contribution in [2.24, 2.45) is 5.10 Å². The molecule has 0 unspecified atom stereocenters. The molecule has 0 saturated heterocycles. The number of nitrogens with one attached hydrogen (secondary N) is 1. The van der Waals surface area contributed by atoms with Gasteiger partial charge >= 0.3 is 0 Å². The summed E-state index contributed by atoms with van der Waals surface area (Å²) in [7, 11) is -3.58. The fraction of sp³-hybridized carbons (Fsp3) is 0.0909. The summed E-state index contributed by atoms with van der Waals surface area (Å²) in [4.78, 5) is 12.3. The van der Waals surface area contributed by atoms with Crippen LogP contribution in [0.2, 0.25) is 10.0 Å². The molecule has 0 aliphatic heterocycles. The van der Waals surface area contributed by atoms with Gasteiger partial charge in [0, 0.05) is 21.2 Å². The molecule has 0 saturated carbocycles. The van der Waals surface area contributed by atoms with Crippen LogP contribution in [-0.4, -0.2) is 26.8 Å². The first-order chi connectivity index (χ1) is 14.8. The zero-order chi connectivity index (χ0) is 22.4. The van der Waals surface area contributed by atoms with E-state index in [0.717, 1.165) is 6.26 Å². The molecule has 3 aromatic rings. The number of hydrogen-bond acceptors (Lipinski definition) is 4. The summed E-state index contributed by atoms with van der Waals surface area (Å²) in [5.41, 5.74) is 4.51. The second-order valence-electron chi connectivity index (χ2n) is 6.63. The first-order valence-electron chi connectivity index (χ1n) is 9.15. The molecule has 6 nitrogen and oxygen atoms in total. The Labute approximate surface area is 191 Å². The third kappa shape index (κ3) is 6.07. The van der Waals surface area contributed by atoms with Crippen molar-refractivity contribution in [3.05, 3.63) is 99.5 Å². The Balaban J connectivity index is 1.74. The van der Waals surface area contributed by atoms with Gasteiger partial charge in [-0.05, 0) is 42.0 Å². The summed E-state index contributed by atoms with van der Waals surface area (Å²) in [6.45, 7) is 0.0756. The Bertz CT molecular complexity index is 1210. The number of nitrogens with zero attached hydrogens (tertiary/aromatic N) is 2. The summed E-state index contributed by atoms with van der Waals surface area (Å²) >= 11 is 12.2. The smallest absolute Gasteiger partial charge is 0.267 e. The van der Waals surface area contributed by atoms with Gasteiger partial charge in [-0.3, -0.25) is 9.10 Å². The predicted molar refractivity (Wildman–Crippen MR) is 125 cm³/mol. The fourth-order valence-corrected chi connectivity index (χ4v) is 4.02. The van der Waals surface area contributed by atoms with Gasteiger partial charge in [-0.2, -0.15) is 5.10 Å². The maximum absolute atomic E-state index is 12.3. The number of hydrazone groups is 1. The van der Waals surface area contributed by atoms with E-state index in [9.17, 15) is 13.2 Å². The monoisotopic (exact) mass is 475 g/mol. The lowest BCUT2D eigenvalue weighted by atomic mass is 10.2. The number of halogens is 2. The lowest BCUT2D eigenvalue weighted by Gasteiger charge is -2.23. The van der Waals surface area contributed by atoms with E-state index in [0.29, 0.717) is 32.4 Å². The van der Waals surface area contributed by atoms with E-state index >= 15 is 0 Å². The van der Waals surface area contributed by atoms with Gasteiger partial charge in [0.2, 0.25) is 10.0 Å². The molecule has 160 valence electrons. The first-order valence-corrected chi connectivity index (χ1v) is 11.8. The number of sulfonamides is 1. The van der Waals surface area contributed by atoms with Crippen molar-refractivity contribution in [1.82, 2.24) is 5.43 Å². The van der Waals surface area contributed by atoms with E-state index in [1.807, 2.05) is 6.07 Å². The van der Waals surface area contributed by atoms with Crippen molar-refractivity contribution in [1.29, 1.82) is 0 Å². The normalized spacial score (nSPS) is 11.5. The summed E-state index contributed by atoms with van der Waals surface area (Å²) in [5, 5.41) is 4.90. The Kier molecular flexibility index (Phi) is 7.33. The standard InChI is InChI=1S/C22H19Cl2N3O3S/c1-31(29,30)27(15-18-7-3-5-9-21(18)24)19-12-10-16(11-13-19)22(28)26-25-14-17-6-2-4-8-20(17)23/h2-14H,15H2,1H3,(H,26,28)/b25-14-. The van der Waals surface area contributed by atoms with Crippen LogP contribution >= 0.6 is 23.2 Å². The van der Waals surface area contributed by atoms with Gasteiger partial charge in [0.15, 0.2) is 0 Å². The van der Waals surface area contributed by atoms with Crippen molar-refractivity contribution < 1.29 is 13.2 Å². The van der Waals surface area contributed by atoms with Crippen LogP contribution in [0.4, 0.5) is 5.69 Å². The number of amides is 1. The summed E-state index contributed by atoms with van der Waals surface area (Å²) in [5.74, 6) is -0.438. The molecular formula is C22H19Cl2N3O3S. The van der Waals surface area contributed by atoms with Gasteiger partial charge in [0.05, 0.1) is 24.7 Å². The number of hydrogen-bond donors (Lipinski definition) is 1. The molecule has 0 atom stereocenters. The second-order valence-corrected chi connectivity index (χ2v) is 9.35. The molecule has 0 aliphatic carbocycles. The lowest BCUT2D eigenvalue weighted by Crippen LogP contribution is -2.29. The highest BCUT2D eigenvalue weighted by Gasteiger charge is 2.19. The van der Waals surface area contributed by atoms with Crippen molar-refractivity contribution in [3.63, 3.8) is 0 Å². The Morgan fingerprint density at radius 3 is 2.19 bits per heavy atom. The van der Waals surface area contributed by atoms with Gasteiger partial charge in [-0.15, -0.1) is 0 Å². The van der Waals surface area contributed by atoms with Gasteiger partial charge in [-0.25, -0.2) is 13.8 Å². The van der Waals surface area contributed by atoms with E-state index in [1.165, 1.54) is 22.7 Å².